The molecule has 62 valence electrons. The Morgan fingerprint density at radius 1 is 1.33 bits per heavy atom. The lowest BCUT2D eigenvalue weighted by Gasteiger charge is -2.16. The van der Waals surface area contributed by atoms with Crippen molar-refractivity contribution in [3.05, 3.63) is 35.7 Å². The van der Waals surface area contributed by atoms with Gasteiger partial charge in [0.2, 0.25) is 0 Å². The molecule has 0 unspecified atom stereocenters. The van der Waals surface area contributed by atoms with Gasteiger partial charge in [0, 0.05) is 5.69 Å². The molecule has 0 saturated carbocycles. The van der Waals surface area contributed by atoms with Crippen LogP contribution >= 0.6 is 0 Å². The van der Waals surface area contributed by atoms with Crippen molar-refractivity contribution >= 4 is 5.57 Å². The summed E-state index contributed by atoms with van der Waals surface area (Å²) >= 11 is 0. The number of fused-ring (bicyclic) bond motifs is 1. The van der Waals surface area contributed by atoms with E-state index < -0.39 is 0 Å². The molecule has 0 atom stereocenters. The zero-order chi connectivity index (χ0) is 8.55. The standard InChI is InChI=1S/C11H13N/c1-8-4-3-5-10-7-6-9(2)12-11(8)10/h6-7H,1,3-5H2,2H3. The highest BCUT2D eigenvalue weighted by molar-refractivity contribution is 5.64. The normalized spacial score (nSPS) is 15.9. The van der Waals surface area contributed by atoms with E-state index in [-0.39, 0.29) is 0 Å². The van der Waals surface area contributed by atoms with E-state index in [0.717, 1.165) is 17.8 Å². The van der Waals surface area contributed by atoms with E-state index in [1.54, 1.807) is 0 Å². The Labute approximate surface area is 73.1 Å². The predicted octanol–water partition coefficient (Wildman–Crippen LogP) is 2.74. The Kier molecular flexibility index (Phi) is 1.72. The van der Waals surface area contributed by atoms with E-state index in [9.17, 15) is 0 Å². The molecule has 1 heterocycles. The number of rotatable bonds is 0. The molecule has 0 radical (unpaired) electrons. The second-order valence-electron chi connectivity index (χ2n) is 3.42. The summed E-state index contributed by atoms with van der Waals surface area (Å²) in [5.74, 6) is 0. The van der Waals surface area contributed by atoms with Gasteiger partial charge < -0.3 is 0 Å². The van der Waals surface area contributed by atoms with Gasteiger partial charge in [0.25, 0.3) is 0 Å². The quantitative estimate of drug-likeness (QED) is 0.567. The molecule has 0 saturated heterocycles. The minimum Gasteiger partial charge on any atom is -0.253 e. The lowest BCUT2D eigenvalue weighted by molar-refractivity contribution is 0.807. The van der Waals surface area contributed by atoms with Crippen molar-refractivity contribution in [2.45, 2.75) is 26.2 Å². The highest BCUT2D eigenvalue weighted by atomic mass is 14.7. The molecule has 2 rings (SSSR count). The number of aryl methyl sites for hydroxylation is 2. The number of nitrogens with zero attached hydrogens (tertiary/aromatic N) is 1. The number of hydrogen-bond acceptors (Lipinski definition) is 1. The summed E-state index contributed by atoms with van der Waals surface area (Å²) in [6.45, 7) is 6.06. The van der Waals surface area contributed by atoms with Crippen LogP contribution < -0.4 is 0 Å². The van der Waals surface area contributed by atoms with Crippen LogP contribution in [-0.2, 0) is 6.42 Å². The summed E-state index contributed by atoms with van der Waals surface area (Å²) in [6.07, 6.45) is 3.52. The molecular formula is C11H13N. The third kappa shape index (κ3) is 1.15. The van der Waals surface area contributed by atoms with Crippen LogP contribution in [-0.4, -0.2) is 4.98 Å². The first-order chi connectivity index (χ1) is 5.77. The molecule has 1 aromatic heterocycles. The fourth-order valence-electron chi connectivity index (χ4n) is 1.70. The largest absolute Gasteiger partial charge is 0.253 e. The summed E-state index contributed by atoms with van der Waals surface area (Å²) in [5.41, 5.74) is 4.83. The summed E-state index contributed by atoms with van der Waals surface area (Å²) in [7, 11) is 0. The second-order valence-corrected chi connectivity index (χ2v) is 3.42. The van der Waals surface area contributed by atoms with Crippen LogP contribution in [0.5, 0.6) is 0 Å². The molecule has 1 aliphatic carbocycles. The highest BCUT2D eigenvalue weighted by Crippen LogP contribution is 2.27. The summed E-state index contributed by atoms with van der Waals surface area (Å²) < 4.78 is 0. The van der Waals surface area contributed by atoms with Gasteiger partial charge >= 0.3 is 0 Å². The van der Waals surface area contributed by atoms with Crippen LogP contribution in [0.15, 0.2) is 18.7 Å². The van der Waals surface area contributed by atoms with Crippen molar-refractivity contribution in [1.29, 1.82) is 0 Å². The van der Waals surface area contributed by atoms with Crippen molar-refractivity contribution in [3.63, 3.8) is 0 Å². The zero-order valence-electron chi connectivity index (χ0n) is 7.43. The monoisotopic (exact) mass is 159 g/mol. The Morgan fingerprint density at radius 3 is 3.00 bits per heavy atom. The van der Waals surface area contributed by atoms with E-state index in [2.05, 4.69) is 23.7 Å². The predicted molar refractivity (Wildman–Crippen MR) is 50.9 cm³/mol. The molecule has 1 nitrogen and oxygen atoms in total. The first-order valence-corrected chi connectivity index (χ1v) is 4.42. The maximum Gasteiger partial charge on any atom is 0.0690 e. The van der Waals surface area contributed by atoms with Crippen molar-refractivity contribution in [1.82, 2.24) is 4.98 Å². The molecule has 12 heavy (non-hydrogen) atoms. The number of aromatic nitrogens is 1. The SMILES string of the molecule is C=C1CCCc2ccc(C)nc21. The average molecular weight is 159 g/mol. The molecule has 0 N–H and O–H groups in total. The van der Waals surface area contributed by atoms with Crippen LogP contribution in [0.2, 0.25) is 0 Å². The molecule has 0 amide bonds. The van der Waals surface area contributed by atoms with E-state index in [0.29, 0.717) is 0 Å². The summed E-state index contributed by atoms with van der Waals surface area (Å²) in [5, 5.41) is 0. The van der Waals surface area contributed by atoms with Crippen LogP contribution in [0.1, 0.15) is 29.8 Å². The van der Waals surface area contributed by atoms with Gasteiger partial charge in [-0.05, 0) is 43.4 Å². The first-order valence-electron chi connectivity index (χ1n) is 4.42. The highest BCUT2D eigenvalue weighted by Gasteiger charge is 2.12. The van der Waals surface area contributed by atoms with Crippen molar-refractivity contribution in [2.24, 2.45) is 0 Å². The van der Waals surface area contributed by atoms with Crippen LogP contribution in [0.3, 0.4) is 0 Å². The van der Waals surface area contributed by atoms with Gasteiger partial charge in [-0.25, -0.2) is 0 Å². The minimum absolute atomic E-state index is 1.09. The Hall–Kier alpha value is -1.11. The second kappa shape index (κ2) is 2.74. The minimum atomic E-state index is 1.09. The third-order valence-corrected chi connectivity index (χ3v) is 2.38. The first kappa shape index (κ1) is 7.53. The van der Waals surface area contributed by atoms with E-state index in [1.165, 1.54) is 24.0 Å². The van der Waals surface area contributed by atoms with E-state index in [4.69, 9.17) is 0 Å². The van der Waals surface area contributed by atoms with Gasteiger partial charge in [0.1, 0.15) is 0 Å². The summed E-state index contributed by atoms with van der Waals surface area (Å²) in [4.78, 5) is 4.50. The molecular weight excluding hydrogens is 146 g/mol. The van der Waals surface area contributed by atoms with Gasteiger partial charge in [0.05, 0.1) is 5.69 Å². The fourth-order valence-corrected chi connectivity index (χ4v) is 1.70. The smallest absolute Gasteiger partial charge is 0.0690 e. The zero-order valence-corrected chi connectivity index (χ0v) is 7.43. The topological polar surface area (TPSA) is 12.9 Å². The maximum atomic E-state index is 4.50. The molecule has 0 spiro atoms. The number of allylic oxidation sites excluding steroid dienone is 1. The van der Waals surface area contributed by atoms with Crippen molar-refractivity contribution in [3.8, 4) is 0 Å². The van der Waals surface area contributed by atoms with Gasteiger partial charge in [-0.1, -0.05) is 12.6 Å². The van der Waals surface area contributed by atoms with Crippen LogP contribution in [0.4, 0.5) is 0 Å². The Bertz CT molecular complexity index is 326. The van der Waals surface area contributed by atoms with Crippen LogP contribution in [0, 0.1) is 6.92 Å². The molecule has 0 aromatic carbocycles. The van der Waals surface area contributed by atoms with Gasteiger partial charge in [0.15, 0.2) is 0 Å². The molecule has 0 aliphatic heterocycles. The molecule has 1 aromatic rings. The average Bonchev–Trinajstić information content (AvgIpc) is 2.07. The van der Waals surface area contributed by atoms with Crippen molar-refractivity contribution < 1.29 is 0 Å². The molecule has 0 bridgehead atoms. The lowest BCUT2D eigenvalue weighted by atomic mass is 9.92. The summed E-state index contributed by atoms with van der Waals surface area (Å²) in [6, 6.07) is 4.26. The maximum absolute atomic E-state index is 4.50. The number of pyridine rings is 1. The Balaban J connectivity index is 2.54. The van der Waals surface area contributed by atoms with Crippen molar-refractivity contribution in [2.75, 3.05) is 0 Å². The van der Waals surface area contributed by atoms with Gasteiger partial charge in [-0.2, -0.15) is 0 Å². The third-order valence-electron chi connectivity index (χ3n) is 2.38. The number of hydrogen-bond donors (Lipinski definition) is 0. The lowest BCUT2D eigenvalue weighted by Crippen LogP contribution is -2.04. The van der Waals surface area contributed by atoms with Crippen LogP contribution in [0.25, 0.3) is 5.57 Å². The molecule has 0 fully saturated rings. The molecule has 1 aliphatic rings. The molecule has 1 heteroatoms. The van der Waals surface area contributed by atoms with Gasteiger partial charge in [-0.3, -0.25) is 4.98 Å². The van der Waals surface area contributed by atoms with E-state index in [1.807, 2.05) is 6.92 Å². The fraction of sp³-hybridized carbons (Fsp3) is 0.364. The van der Waals surface area contributed by atoms with E-state index >= 15 is 0 Å². The van der Waals surface area contributed by atoms with Gasteiger partial charge in [-0.15, -0.1) is 0 Å². The Morgan fingerprint density at radius 2 is 2.17 bits per heavy atom.